The molecule has 0 aliphatic heterocycles. The summed E-state index contributed by atoms with van der Waals surface area (Å²) in [5.74, 6) is 0.0201. The van der Waals surface area contributed by atoms with Gasteiger partial charge in [0.05, 0.1) is 25.2 Å². The Morgan fingerprint density at radius 2 is 1.64 bits per heavy atom. The monoisotopic (exact) mass is 582 g/mol. The van der Waals surface area contributed by atoms with E-state index in [1.165, 1.54) is 18.9 Å². The van der Waals surface area contributed by atoms with Gasteiger partial charge in [0.1, 0.15) is 17.2 Å². The minimum absolute atomic E-state index is 0.0644. The molecule has 214 valence electrons. The molecular formula is C32H30N4O5S. The number of aromatic nitrogens is 1. The summed E-state index contributed by atoms with van der Waals surface area (Å²) in [6, 6.07) is 24.4. The molecule has 0 aliphatic rings. The average Bonchev–Trinajstić information content (AvgIpc) is 3.02. The fraction of sp³-hybridized carbons (Fsp3) is 0.125. The van der Waals surface area contributed by atoms with E-state index in [1.807, 2.05) is 18.2 Å². The Hall–Kier alpha value is -5.09. The maximum absolute atomic E-state index is 13.2. The van der Waals surface area contributed by atoms with Crippen LogP contribution in [0.4, 0.5) is 11.4 Å². The average molecular weight is 583 g/mol. The van der Waals surface area contributed by atoms with Crippen molar-refractivity contribution in [3.8, 4) is 11.5 Å². The quantitative estimate of drug-likeness (QED) is 0.155. The molecule has 3 aromatic carbocycles. The number of nitrogens with one attached hydrogen (secondary N) is 3. The molecule has 0 fully saturated rings. The van der Waals surface area contributed by atoms with Crippen molar-refractivity contribution in [1.29, 1.82) is 0 Å². The van der Waals surface area contributed by atoms with Crippen LogP contribution in [0.1, 0.15) is 22.8 Å². The normalized spacial score (nSPS) is 11.6. The molecule has 1 heterocycles. The Balaban J connectivity index is 1.41. The molecule has 9 nitrogen and oxygen atoms in total. The number of methoxy groups -OCH3 is 2. The van der Waals surface area contributed by atoms with Crippen LogP contribution in [-0.2, 0) is 9.59 Å². The van der Waals surface area contributed by atoms with Crippen molar-refractivity contribution in [2.45, 2.75) is 17.1 Å². The Morgan fingerprint density at radius 1 is 0.881 bits per heavy atom. The molecule has 3 amide bonds. The number of pyridine rings is 1. The van der Waals surface area contributed by atoms with Gasteiger partial charge in [-0.1, -0.05) is 24.3 Å². The topological polar surface area (TPSA) is 119 Å². The van der Waals surface area contributed by atoms with Gasteiger partial charge in [-0.3, -0.25) is 19.4 Å². The number of hydrogen-bond acceptors (Lipinski definition) is 7. The van der Waals surface area contributed by atoms with E-state index in [0.29, 0.717) is 34.0 Å². The van der Waals surface area contributed by atoms with Crippen molar-refractivity contribution >= 4 is 46.9 Å². The second-order valence-corrected chi connectivity index (χ2v) is 10.4. The molecule has 0 bridgehead atoms. The molecule has 1 aromatic heterocycles. The summed E-state index contributed by atoms with van der Waals surface area (Å²) >= 11 is 1.37. The highest BCUT2D eigenvalue weighted by atomic mass is 32.2. The molecule has 4 rings (SSSR count). The van der Waals surface area contributed by atoms with Crippen LogP contribution in [0.15, 0.2) is 108 Å². The van der Waals surface area contributed by atoms with Crippen LogP contribution >= 0.6 is 11.8 Å². The van der Waals surface area contributed by atoms with E-state index in [2.05, 4.69) is 20.9 Å². The Labute approximate surface area is 248 Å². The van der Waals surface area contributed by atoms with Gasteiger partial charge in [0.25, 0.3) is 11.8 Å². The third-order valence-corrected chi connectivity index (χ3v) is 7.10. The fourth-order valence-corrected chi connectivity index (χ4v) is 4.65. The van der Waals surface area contributed by atoms with E-state index in [1.54, 1.807) is 99.2 Å². The van der Waals surface area contributed by atoms with Gasteiger partial charge in [0.15, 0.2) is 0 Å². The van der Waals surface area contributed by atoms with Crippen molar-refractivity contribution in [2.24, 2.45) is 0 Å². The zero-order valence-electron chi connectivity index (χ0n) is 23.3. The molecule has 0 saturated carbocycles. The predicted molar refractivity (Wildman–Crippen MR) is 165 cm³/mol. The number of amides is 3. The Morgan fingerprint density at radius 3 is 2.31 bits per heavy atom. The summed E-state index contributed by atoms with van der Waals surface area (Å²) in [7, 11) is 3.09. The van der Waals surface area contributed by atoms with Gasteiger partial charge in [0, 0.05) is 34.6 Å². The van der Waals surface area contributed by atoms with Gasteiger partial charge in [-0.05, 0) is 73.2 Å². The van der Waals surface area contributed by atoms with Gasteiger partial charge in [-0.15, -0.1) is 11.8 Å². The lowest BCUT2D eigenvalue weighted by atomic mass is 10.2. The van der Waals surface area contributed by atoms with E-state index in [4.69, 9.17) is 9.47 Å². The molecule has 1 unspecified atom stereocenters. The largest absolute Gasteiger partial charge is 0.497 e. The molecule has 0 radical (unpaired) electrons. The smallest absolute Gasteiger partial charge is 0.272 e. The standard InChI is InChI=1S/C32H30N4O5S/c1-21(30(37)35-27-16-13-25(40-2)19-29(27)41-3)42-26-14-11-24(12-15-26)34-32(39)28(18-22-8-7-17-33-20-22)36-31(38)23-9-5-4-6-10-23/h4-21H,1-3H3,(H,34,39)(H,35,37)(H,36,38)/b28-18-. The first kappa shape index (κ1) is 29.9. The van der Waals surface area contributed by atoms with Crippen LogP contribution < -0.4 is 25.4 Å². The van der Waals surface area contributed by atoms with Crippen molar-refractivity contribution < 1.29 is 23.9 Å². The first-order chi connectivity index (χ1) is 20.4. The van der Waals surface area contributed by atoms with Crippen molar-refractivity contribution in [1.82, 2.24) is 10.3 Å². The minimum atomic E-state index is -0.496. The zero-order chi connectivity index (χ0) is 29.9. The molecular weight excluding hydrogens is 552 g/mol. The lowest BCUT2D eigenvalue weighted by molar-refractivity contribution is -0.115. The van der Waals surface area contributed by atoms with Gasteiger partial charge in [-0.25, -0.2) is 0 Å². The Kier molecular flexibility index (Phi) is 10.3. The first-order valence-corrected chi connectivity index (χ1v) is 13.8. The van der Waals surface area contributed by atoms with Crippen molar-refractivity contribution in [2.75, 3.05) is 24.9 Å². The number of anilines is 2. The number of rotatable bonds is 11. The maximum atomic E-state index is 13.2. The first-order valence-electron chi connectivity index (χ1n) is 13.0. The van der Waals surface area contributed by atoms with E-state index in [-0.39, 0.29) is 11.6 Å². The molecule has 1 atom stereocenters. The van der Waals surface area contributed by atoms with Gasteiger partial charge < -0.3 is 25.4 Å². The number of ether oxygens (including phenoxy) is 2. The summed E-state index contributed by atoms with van der Waals surface area (Å²) in [6.45, 7) is 1.80. The molecule has 0 aliphatic carbocycles. The third-order valence-electron chi connectivity index (χ3n) is 5.99. The third kappa shape index (κ3) is 8.21. The summed E-state index contributed by atoms with van der Waals surface area (Å²) in [6.07, 6.45) is 4.78. The van der Waals surface area contributed by atoms with Gasteiger partial charge in [0.2, 0.25) is 5.91 Å². The fourth-order valence-electron chi connectivity index (χ4n) is 3.78. The van der Waals surface area contributed by atoms with Gasteiger partial charge >= 0.3 is 0 Å². The number of benzene rings is 3. The zero-order valence-corrected chi connectivity index (χ0v) is 24.1. The molecule has 3 N–H and O–H groups in total. The van der Waals surface area contributed by atoms with Crippen LogP contribution in [-0.4, -0.2) is 42.2 Å². The molecule has 4 aromatic rings. The number of nitrogens with zero attached hydrogens (tertiary/aromatic N) is 1. The number of hydrogen-bond donors (Lipinski definition) is 3. The molecule has 42 heavy (non-hydrogen) atoms. The summed E-state index contributed by atoms with van der Waals surface area (Å²) in [4.78, 5) is 43.8. The summed E-state index contributed by atoms with van der Waals surface area (Å²) < 4.78 is 10.6. The second-order valence-electron chi connectivity index (χ2n) is 8.96. The number of carbonyl (C=O) groups excluding carboxylic acids is 3. The highest BCUT2D eigenvalue weighted by Crippen LogP contribution is 2.31. The lowest BCUT2D eigenvalue weighted by Crippen LogP contribution is -2.30. The van der Waals surface area contributed by atoms with Crippen LogP contribution in [0.5, 0.6) is 11.5 Å². The number of thioether (sulfide) groups is 1. The maximum Gasteiger partial charge on any atom is 0.272 e. The van der Waals surface area contributed by atoms with Crippen molar-refractivity contribution in [3.63, 3.8) is 0 Å². The Bertz CT molecular complexity index is 1560. The summed E-state index contributed by atoms with van der Waals surface area (Å²) in [5, 5.41) is 8.00. The predicted octanol–water partition coefficient (Wildman–Crippen LogP) is 5.63. The van der Waals surface area contributed by atoms with Crippen LogP contribution in [0.3, 0.4) is 0 Å². The van der Waals surface area contributed by atoms with Gasteiger partial charge in [-0.2, -0.15) is 0 Å². The van der Waals surface area contributed by atoms with E-state index in [9.17, 15) is 14.4 Å². The van der Waals surface area contributed by atoms with E-state index in [0.717, 1.165) is 4.90 Å². The SMILES string of the molecule is COc1ccc(NC(=O)C(C)Sc2ccc(NC(=O)/C(=C/c3cccnc3)NC(=O)c3ccccc3)cc2)c(OC)c1. The molecule has 0 spiro atoms. The van der Waals surface area contributed by atoms with Crippen LogP contribution in [0.2, 0.25) is 0 Å². The van der Waals surface area contributed by atoms with E-state index >= 15 is 0 Å². The highest BCUT2D eigenvalue weighted by Gasteiger charge is 2.18. The minimum Gasteiger partial charge on any atom is -0.497 e. The lowest BCUT2D eigenvalue weighted by Gasteiger charge is -2.15. The van der Waals surface area contributed by atoms with E-state index < -0.39 is 17.1 Å². The highest BCUT2D eigenvalue weighted by molar-refractivity contribution is 8.00. The van der Waals surface area contributed by atoms with Crippen LogP contribution in [0.25, 0.3) is 6.08 Å². The number of carbonyl (C=O) groups is 3. The molecule has 10 heteroatoms. The van der Waals surface area contributed by atoms with Crippen LogP contribution in [0, 0.1) is 0 Å². The van der Waals surface area contributed by atoms with Crippen molar-refractivity contribution in [3.05, 3.63) is 114 Å². The molecule has 0 saturated heterocycles. The second kappa shape index (κ2) is 14.5. The summed E-state index contributed by atoms with van der Waals surface area (Å²) in [5.41, 5.74) is 2.21.